The molecule has 1 aromatic heterocycles. The van der Waals surface area contributed by atoms with Crippen LogP contribution in [-0.2, 0) is 0 Å². The van der Waals surface area contributed by atoms with Gasteiger partial charge in [0.1, 0.15) is 23.9 Å². The molecule has 6 nitrogen and oxygen atoms in total. The van der Waals surface area contributed by atoms with Crippen molar-refractivity contribution >= 4 is 23.2 Å². The van der Waals surface area contributed by atoms with Gasteiger partial charge in [-0.25, -0.2) is 4.68 Å². The molecule has 0 amide bonds. The Morgan fingerprint density at radius 3 is 2.86 bits per heavy atom. The lowest BCUT2D eigenvalue weighted by molar-refractivity contribution is -0.0506. The summed E-state index contributed by atoms with van der Waals surface area (Å²) in [5.41, 5.74) is 2.02. The Hall–Kier alpha value is -3.13. The van der Waals surface area contributed by atoms with Crippen molar-refractivity contribution < 1.29 is 18.3 Å². The van der Waals surface area contributed by atoms with E-state index < -0.39 is 12.7 Å². The number of methoxy groups -OCH3 is 1. The second-order valence-electron chi connectivity index (χ2n) is 5.97. The summed E-state index contributed by atoms with van der Waals surface area (Å²) in [6, 6.07) is 11.4. The van der Waals surface area contributed by atoms with Crippen LogP contribution in [0.15, 0.2) is 54.9 Å². The molecule has 144 valence electrons. The fraction of sp³-hybridized carbons (Fsp3) is 0.158. The molecule has 1 aliphatic rings. The first-order valence-corrected chi connectivity index (χ1v) is 8.70. The van der Waals surface area contributed by atoms with Crippen LogP contribution >= 0.6 is 11.6 Å². The van der Waals surface area contributed by atoms with Crippen molar-refractivity contribution in [3.8, 4) is 11.5 Å². The van der Waals surface area contributed by atoms with Crippen LogP contribution in [0.4, 0.5) is 14.7 Å². The van der Waals surface area contributed by atoms with Gasteiger partial charge >= 0.3 is 6.61 Å². The lowest BCUT2D eigenvalue weighted by Gasteiger charge is -2.26. The Morgan fingerprint density at radius 2 is 2.07 bits per heavy atom. The molecule has 28 heavy (non-hydrogen) atoms. The fourth-order valence-electron chi connectivity index (χ4n) is 3.07. The van der Waals surface area contributed by atoms with Gasteiger partial charge in [0.2, 0.25) is 5.95 Å². The fourth-order valence-corrected chi connectivity index (χ4v) is 3.25. The Labute approximate surface area is 164 Å². The van der Waals surface area contributed by atoms with Crippen LogP contribution < -0.4 is 14.8 Å². The number of anilines is 1. The maximum Gasteiger partial charge on any atom is 0.387 e. The van der Waals surface area contributed by atoms with Gasteiger partial charge in [0, 0.05) is 21.8 Å². The largest absolute Gasteiger partial charge is 0.497 e. The van der Waals surface area contributed by atoms with Crippen LogP contribution in [0.2, 0.25) is 5.02 Å². The van der Waals surface area contributed by atoms with E-state index >= 15 is 0 Å². The number of fused-ring (bicyclic) bond motifs is 1. The van der Waals surface area contributed by atoms with Crippen molar-refractivity contribution in [1.29, 1.82) is 0 Å². The molecular weight excluding hydrogens is 390 g/mol. The quantitative estimate of drug-likeness (QED) is 0.673. The van der Waals surface area contributed by atoms with Gasteiger partial charge in [-0.15, -0.1) is 0 Å². The maximum atomic E-state index is 12.9. The molecule has 0 radical (unpaired) electrons. The van der Waals surface area contributed by atoms with Crippen molar-refractivity contribution in [3.63, 3.8) is 0 Å². The first-order valence-electron chi connectivity index (χ1n) is 8.32. The molecule has 0 aliphatic carbocycles. The number of allylic oxidation sites excluding steroid dienone is 1. The van der Waals surface area contributed by atoms with Crippen molar-refractivity contribution in [1.82, 2.24) is 14.8 Å². The second-order valence-corrected chi connectivity index (χ2v) is 6.41. The Kier molecular flexibility index (Phi) is 4.87. The molecule has 0 bridgehead atoms. The van der Waals surface area contributed by atoms with Crippen LogP contribution in [-0.4, -0.2) is 28.5 Å². The van der Waals surface area contributed by atoms with Crippen LogP contribution in [0.5, 0.6) is 11.5 Å². The van der Waals surface area contributed by atoms with E-state index in [4.69, 9.17) is 21.1 Å². The van der Waals surface area contributed by atoms with Gasteiger partial charge in [-0.3, -0.25) is 0 Å². The number of nitrogens with one attached hydrogen (secondary N) is 1. The smallest absolute Gasteiger partial charge is 0.387 e. The third-order valence-electron chi connectivity index (χ3n) is 4.29. The van der Waals surface area contributed by atoms with Crippen molar-refractivity contribution in [2.45, 2.75) is 12.7 Å². The first kappa shape index (κ1) is 18.2. The minimum atomic E-state index is -2.96. The third-order valence-corrected chi connectivity index (χ3v) is 4.53. The molecule has 1 aliphatic heterocycles. The number of hydrogen-bond acceptors (Lipinski definition) is 5. The summed E-state index contributed by atoms with van der Waals surface area (Å²) in [4.78, 5) is 4.21. The normalized spacial score (nSPS) is 15.6. The van der Waals surface area contributed by atoms with E-state index in [2.05, 4.69) is 15.4 Å². The lowest BCUT2D eigenvalue weighted by atomic mass is 10.0. The van der Waals surface area contributed by atoms with Crippen LogP contribution in [0, 0.1) is 0 Å². The standard InChI is InChI=1S/C19H15ClF2N4O2/c1-27-13-4-2-3-11(7-13)15-9-16(26-19(25-15)23-10-24-26)14-8-12(20)5-6-17(14)28-18(21)22/h2-10,16,18H,1H3,(H,23,24,25). The molecular formula is C19H15ClF2N4O2. The van der Waals surface area contributed by atoms with Crippen molar-refractivity contribution in [3.05, 3.63) is 71.0 Å². The van der Waals surface area contributed by atoms with E-state index in [0.717, 1.165) is 11.3 Å². The van der Waals surface area contributed by atoms with E-state index in [1.807, 2.05) is 30.3 Å². The molecule has 0 fully saturated rings. The van der Waals surface area contributed by atoms with E-state index in [1.54, 1.807) is 17.9 Å². The highest BCUT2D eigenvalue weighted by molar-refractivity contribution is 6.30. The van der Waals surface area contributed by atoms with Crippen LogP contribution in [0.1, 0.15) is 17.2 Å². The number of rotatable bonds is 5. The monoisotopic (exact) mass is 404 g/mol. The molecule has 0 saturated carbocycles. The van der Waals surface area contributed by atoms with Crippen molar-refractivity contribution in [2.75, 3.05) is 12.4 Å². The molecule has 2 heterocycles. The van der Waals surface area contributed by atoms with Gasteiger partial charge in [-0.2, -0.15) is 18.9 Å². The molecule has 3 aromatic rings. The molecule has 9 heteroatoms. The van der Waals surface area contributed by atoms with E-state index in [0.29, 0.717) is 22.3 Å². The first-order chi connectivity index (χ1) is 13.5. The highest BCUT2D eigenvalue weighted by Crippen LogP contribution is 2.38. The zero-order valence-corrected chi connectivity index (χ0v) is 15.4. The highest BCUT2D eigenvalue weighted by Gasteiger charge is 2.27. The minimum absolute atomic E-state index is 0.0222. The summed E-state index contributed by atoms with van der Waals surface area (Å²) in [6.07, 6.45) is 3.23. The Morgan fingerprint density at radius 1 is 1.21 bits per heavy atom. The summed E-state index contributed by atoms with van der Waals surface area (Å²) >= 11 is 6.13. The molecule has 0 saturated heterocycles. The summed E-state index contributed by atoms with van der Waals surface area (Å²) in [7, 11) is 1.58. The van der Waals surface area contributed by atoms with Gasteiger partial charge in [-0.1, -0.05) is 23.7 Å². The summed E-state index contributed by atoms with van der Waals surface area (Å²) in [5.74, 6) is 1.18. The van der Waals surface area contributed by atoms with E-state index in [1.165, 1.54) is 18.5 Å². The average molecular weight is 405 g/mol. The Bertz CT molecular complexity index is 1040. The van der Waals surface area contributed by atoms with E-state index in [9.17, 15) is 8.78 Å². The predicted molar refractivity (Wildman–Crippen MR) is 101 cm³/mol. The summed E-state index contributed by atoms with van der Waals surface area (Å²) < 4.78 is 37.4. The number of benzene rings is 2. The minimum Gasteiger partial charge on any atom is -0.497 e. The molecule has 1 unspecified atom stereocenters. The molecule has 1 atom stereocenters. The number of halogens is 3. The number of ether oxygens (including phenoxy) is 2. The third kappa shape index (κ3) is 3.50. The maximum absolute atomic E-state index is 12.9. The summed E-state index contributed by atoms with van der Waals surface area (Å²) in [6.45, 7) is -2.96. The van der Waals surface area contributed by atoms with Gasteiger partial charge in [0.05, 0.1) is 7.11 Å². The SMILES string of the molecule is COc1cccc(C2=CC(c3cc(Cl)ccc3OC(F)F)n3ncnc3N2)c1. The second kappa shape index (κ2) is 7.47. The van der Waals surface area contributed by atoms with Gasteiger partial charge in [0.25, 0.3) is 0 Å². The lowest BCUT2D eigenvalue weighted by Crippen LogP contribution is -2.21. The predicted octanol–water partition coefficient (Wildman–Crippen LogP) is 4.60. The van der Waals surface area contributed by atoms with Crippen LogP contribution in [0.3, 0.4) is 0 Å². The molecule has 2 aromatic carbocycles. The zero-order valence-electron chi connectivity index (χ0n) is 14.6. The van der Waals surface area contributed by atoms with E-state index in [-0.39, 0.29) is 5.75 Å². The number of hydrogen-bond donors (Lipinski definition) is 1. The van der Waals surface area contributed by atoms with Gasteiger partial charge < -0.3 is 14.8 Å². The highest BCUT2D eigenvalue weighted by atomic mass is 35.5. The van der Waals surface area contributed by atoms with Crippen LogP contribution in [0.25, 0.3) is 5.70 Å². The Balaban J connectivity index is 1.83. The zero-order chi connectivity index (χ0) is 19.7. The number of alkyl halides is 2. The van der Waals surface area contributed by atoms with Gasteiger partial charge in [0.15, 0.2) is 0 Å². The topological polar surface area (TPSA) is 61.2 Å². The molecule has 4 rings (SSSR count). The van der Waals surface area contributed by atoms with Crippen molar-refractivity contribution in [2.24, 2.45) is 0 Å². The molecule has 0 spiro atoms. The number of nitrogens with zero attached hydrogens (tertiary/aromatic N) is 3. The van der Waals surface area contributed by atoms with Gasteiger partial charge in [-0.05, 0) is 36.4 Å². The molecule has 1 N–H and O–H groups in total. The number of aromatic nitrogens is 3. The average Bonchev–Trinajstić information content (AvgIpc) is 3.17. The summed E-state index contributed by atoms with van der Waals surface area (Å²) in [5, 5.41) is 7.80.